The normalized spacial score (nSPS) is 11.6. The minimum atomic E-state index is 1.10. The van der Waals surface area contributed by atoms with Crippen LogP contribution in [0.2, 0.25) is 0 Å². The zero-order valence-corrected chi connectivity index (χ0v) is 11.6. The second-order valence-corrected chi connectivity index (χ2v) is 6.07. The number of thiophene rings is 1. The molecule has 4 rings (SSSR count). The fourth-order valence-corrected chi connectivity index (χ4v) is 3.85. The number of rotatable bonds is 1. The summed E-state index contributed by atoms with van der Waals surface area (Å²) in [5, 5.41) is 5.47. The highest BCUT2D eigenvalue weighted by Gasteiger charge is 2.06. The Morgan fingerprint density at radius 2 is 1.53 bits per heavy atom. The Kier molecular flexibility index (Phi) is 2.36. The lowest BCUT2D eigenvalue weighted by atomic mass is 10.0. The molecule has 0 bridgehead atoms. The van der Waals surface area contributed by atoms with E-state index in [4.69, 9.17) is 0 Å². The molecule has 1 heterocycles. The molecule has 0 aliphatic carbocycles. The van der Waals surface area contributed by atoms with Gasteiger partial charge in [0.2, 0.25) is 0 Å². The summed E-state index contributed by atoms with van der Waals surface area (Å²) >= 11 is 1.90. The van der Waals surface area contributed by atoms with Gasteiger partial charge in [0.05, 0.1) is 0 Å². The van der Waals surface area contributed by atoms with Gasteiger partial charge in [-0.1, -0.05) is 37.3 Å². The first kappa shape index (κ1) is 11.0. The van der Waals surface area contributed by atoms with Gasteiger partial charge in [0.25, 0.3) is 0 Å². The zero-order chi connectivity index (χ0) is 12.8. The summed E-state index contributed by atoms with van der Waals surface area (Å²) in [4.78, 5) is 0. The Labute approximate surface area is 116 Å². The number of benzene rings is 3. The topological polar surface area (TPSA) is 0 Å². The highest BCUT2D eigenvalue weighted by molar-refractivity contribution is 7.25. The summed E-state index contributed by atoms with van der Waals surface area (Å²) in [7, 11) is 0. The molecule has 0 saturated heterocycles. The van der Waals surface area contributed by atoms with Crippen molar-refractivity contribution in [2.24, 2.45) is 0 Å². The van der Waals surface area contributed by atoms with Crippen LogP contribution in [0, 0.1) is 0 Å². The third-order valence-corrected chi connectivity index (χ3v) is 4.94. The zero-order valence-electron chi connectivity index (χ0n) is 10.8. The third kappa shape index (κ3) is 1.66. The molecule has 0 unspecified atom stereocenters. The van der Waals surface area contributed by atoms with E-state index in [0.29, 0.717) is 0 Å². The lowest BCUT2D eigenvalue weighted by molar-refractivity contribution is 1.15. The average molecular weight is 262 g/mol. The van der Waals surface area contributed by atoms with Gasteiger partial charge in [-0.2, -0.15) is 0 Å². The first-order chi connectivity index (χ1) is 9.35. The van der Waals surface area contributed by atoms with E-state index in [1.165, 1.54) is 36.5 Å². The molecule has 1 aromatic heterocycles. The Morgan fingerprint density at radius 3 is 2.32 bits per heavy atom. The molecular weight excluding hydrogens is 248 g/mol. The van der Waals surface area contributed by atoms with Gasteiger partial charge in [-0.15, -0.1) is 11.3 Å². The predicted molar refractivity (Wildman–Crippen MR) is 86.2 cm³/mol. The SMILES string of the molecule is CCc1ccc2sc3cc4ccccc4cc3c2c1. The van der Waals surface area contributed by atoms with Crippen LogP contribution in [0.15, 0.2) is 54.6 Å². The van der Waals surface area contributed by atoms with E-state index in [1.807, 2.05) is 11.3 Å². The van der Waals surface area contributed by atoms with Crippen LogP contribution in [0.25, 0.3) is 30.9 Å². The van der Waals surface area contributed by atoms with Gasteiger partial charge in [-0.3, -0.25) is 0 Å². The van der Waals surface area contributed by atoms with Crippen LogP contribution in [-0.4, -0.2) is 0 Å². The van der Waals surface area contributed by atoms with Crippen molar-refractivity contribution in [2.45, 2.75) is 13.3 Å². The fourth-order valence-electron chi connectivity index (χ4n) is 2.73. The fraction of sp³-hybridized carbons (Fsp3) is 0.111. The maximum atomic E-state index is 2.35. The molecule has 0 nitrogen and oxygen atoms in total. The lowest BCUT2D eigenvalue weighted by Gasteiger charge is -1.99. The van der Waals surface area contributed by atoms with Gasteiger partial charge < -0.3 is 0 Å². The van der Waals surface area contributed by atoms with E-state index >= 15 is 0 Å². The molecule has 1 heteroatoms. The van der Waals surface area contributed by atoms with Crippen molar-refractivity contribution in [1.29, 1.82) is 0 Å². The van der Waals surface area contributed by atoms with E-state index in [0.717, 1.165) is 6.42 Å². The third-order valence-electron chi connectivity index (χ3n) is 3.81. The van der Waals surface area contributed by atoms with Crippen LogP contribution in [-0.2, 0) is 6.42 Å². The molecule has 92 valence electrons. The molecule has 4 aromatic rings. The van der Waals surface area contributed by atoms with Crippen LogP contribution in [0.4, 0.5) is 0 Å². The summed E-state index contributed by atoms with van der Waals surface area (Å²) in [5.41, 5.74) is 1.42. The molecular formula is C18H14S. The number of aryl methyl sites for hydroxylation is 1. The Morgan fingerprint density at radius 1 is 0.789 bits per heavy atom. The molecule has 0 aliphatic rings. The Balaban J connectivity index is 2.17. The van der Waals surface area contributed by atoms with Crippen molar-refractivity contribution in [3.8, 4) is 0 Å². The monoisotopic (exact) mass is 262 g/mol. The molecule has 3 aromatic carbocycles. The summed E-state index contributed by atoms with van der Waals surface area (Å²) in [6.45, 7) is 2.21. The highest BCUT2D eigenvalue weighted by atomic mass is 32.1. The van der Waals surface area contributed by atoms with Gasteiger partial charge >= 0.3 is 0 Å². The molecule has 0 spiro atoms. The molecule has 0 amide bonds. The van der Waals surface area contributed by atoms with Gasteiger partial charge in [-0.25, -0.2) is 0 Å². The van der Waals surface area contributed by atoms with Crippen LogP contribution < -0.4 is 0 Å². The predicted octanol–water partition coefficient (Wildman–Crippen LogP) is 5.77. The Hall–Kier alpha value is -1.86. The molecule has 0 fully saturated rings. The van der Waals surface area contributed by atoms with Crippen molar-refractivity contribution < 1.29 is 0 Å². The molecule has 0 radical (unpaired) electrons. The van der Waals surface area contributed by atoms with Crippen molar-refractivity contribution in [2.75, 3.05) is 0 Å². The van der Waals surface area contributed by atoms with Crippen molar-refractivity contribution in [3.05, 3.63) is 60.2 Å². The van der Waals surface area contributed by atoms with Crippen LogP contribution in [0.5, 0.6) is 0 Å². The maximum absolute atomic E-state index is 2.35. The Bertz CT molecular complexity index is 899. The molecule has 0 saturated carbocycles. The van der Waals surface area contributed by atoms with Crippen LogP contribution >= 0.6 is 11.3 Å². The van der Waals surface area contributed by atoms with Crippen molar-refractivity contribution in [3.63, 3.8) is 0 Å². The largest absolute Gasteiger partial charge is 0.135 e. The van der Waals surface area contributed by atoms with Crippen LogP contribution in [0.1, 0.15) is 12.5 Å². The van der Waals surface area contributed by atoms with Crippen molar-refractivity contribution >= 4 is 42.3 Å². The summed E-state index contributed by atoms with van der Waals surface area (Å²) < 4.78 is 2.78. The van der Waals surface area contributed by atoms with E-state index in [1.54, 1.807) is 0 Å². The van der Waals surface area contributed by atoms with Gasteiger partial charge in [0.1, 0.15) is 0 Å². The minimum absolute atomic E-state index is 1.10. The molecule has 0 aliphatic heterocycles. The summed E-state index contributed by atoms with van der Waals surface area (Å²) in [6, 6.07) is 20.1. The number of fused-ring (bicyclic) bond motifs is 4. The smallest absolute Gasteiger partial charge is 0.0361 e. The maximum Gasteiger partial charge on any atom is 0.0361 e. The average Bonchev–Trinajstić information content (AvgIpc) is 2.81. The first-order valence-electron chi connectivity index (χ1n) is 6.69. The highest BCUT2D eigenvalue weighted by Crippen LogP contribution is 2.36. The summed E-state index contributed by atoms with van der Waals surface area (Å²) in [5.74, 6) is 0. The molecule has 0 atom stereocenters. The quantitative estimate of drug-likeness (QED) is 0.408. The summed E-state index contributed by atoms with van der Waals surface area (Å²) in [6.07, 6.45) is 1.10. The van der Waals surface area contributed by atoms with Gasteiger partial charge in [0, 0.05) is 20.2 Å². The molecule has 19 heavy (non-hydrogen) atoms. The number of hydrogen-bond acceptors (Lipinski definition) is 1. The van der Waals surface area contributed by atoms with E-state index < -0.39 is 0 Å². The molecule has 0 N–H and O–H groups in total. The van der Waals surface area contributed by atoms with Gasteiger partial charge in [0.15, 0.2) is 0 Å². The van der Waals surface area contributed by atoms with E-state index in [9.17, 15) is 0 Å². The second kappa shape index (κ2) is 4.07. The van der Waals surface area contributed by atoms with E-state index in [2.05, 4.69) is 61.5 Å². The minimum Gasteiger partial charge on any atom is -0.135 e. The van der Waals surface area contributed by atoms with E-state index in [-0.39, 0.29) is 0 Å². The lowest BCUT2D eigenvalue weighted by Crippen LogP contribution is -1.77. The van der Waals surface area contributed by atoms with Crippen LogP contribution in [0.3, 0.4) is 0 Å². The standard InChI is InChI=1S/C18H14S/c1-2-12-7-8-17-15(9-12)16-10-13-5-3-4-6-14(13)11-18(16)19-17/h3-11H,2H2,1H3. The second-order valence-electron chi connectivity index (χ2n) is 4.98. The first-order valence-corrected chi connectivity index (χ1v) is 7.51. The number of hydrogen-bond donors (Lipinski definition) is 0. The van der Waals surface area contributed by atoms with Crippen molar-refractivity contribution in [1.82, 2.24) is 0 Å². The van der Waals surface area contributed by atoms with Gasteiger partial charge in [-0.05, 0) is 47.0 Å².